The molecule has 0 saturated carbocycles. The largest absolute Gasteiger partial charge is 0.278 e. The molecule has 2 rings (SSSR count). The highest BCUT2D eigenvalue weighted by Crippen LogP contribution is 2.12. The van der Waals surface area contributed by atoms with Crippen molar-refractivity contribution >= 4 is 16.8 Å². The number of hydrogen-bond donors (Lipinski definition) is 2. The van der Waals surface area contributed by atoms with Crippen molar-refractivity contribution in [1.29, 1.82) is 5.26 Å². The third-order valence-electron chi connectivity index (χ3n) is 1.87. The second-order valence-corrected chi connectivity index (χ2v) is 2.74. The van der Waals surface area contributed by atoms with E-state index in [9.17, 15) is 4.79 Å². The van der Waals surface area contributed by atoms with Crippen LogP contribution in [0.5, 0.6) is 0 Å². The Bertz CT molecular complexity index is 523. The molecule has 1 amide bonds. The van der Waals surface area contributed by atoms with Crippen LogP contribution in [0.1, 0.15) is 10.4 Å². The molecular formula is C9H6N4O. The predicted molar refractivity (Wildman–Crippen MR) is 49.2 cm³/mol. The summed E-state index contributed by atoms with van der Waals surface area (Å²) in [4.78, 5) is 11.2. The zero-order chi connectivity index (χ0) is 9.97. The van der Waals surface area contributed by atoms with Crippen LogP contribution >= 0.6 is 0 Å². The number of amides is 1. The van der Waals surface area contributed by atoms with Crippen LogP contribution in [0.3, 0.4) is 0 Å². The minimum Gasteiger partial charge on any atom is -0.278 e. The number of aromatic nitrogens is 2. The van der Waals surface area contributed by atoms with Gasteiger partial charge in [0.15, 0.2) is 6.19 Å². The third kappa shape index (κ3) is 1.29. The number of nitriles is 1. The van der Waals surface area contributed by atoms with Gasteiger partial charge in [0.2, 0.25) is 0 Å². The normalized spacial score (nSPS) is 9.64. The molecule has 14 heavy (non-hydrogen) atoms. The summed E-state index contributed by atoms with van der Waals surface area (Å²) >= 11 is 0. The Morgan fingerprint density at radius 2 is 2.43 bits per heavy atom. The molecule has 0 atom stereocenters. The Labute approximate surface area is 79.3 Å². The number of nitrogens with zero attached hydrogens (tertiary/aromatic N) is 2. The lowest BCUT2D eigenvalue weighted by Gasteiger charge is -1.96. The van der Waals surface area contributed by atoms with Crippen LogP contribution in [-0.4, -0.2) is 16.1 Å². The van der Waals surface area contributed by atoms with Crippen molar-refractivity contribution in [3.05, 3.63) is 30.0 Å². The summed E-state index contributed by atoms with van der Waals surface area (Å²) in [6.07, 6.45) is 3.25. The van der Waals surface area contributed by atoms with E-state index in [1.807, 2.05) is 0 Å². The van der Waals surface area contributed by atoms with E-state index < -0.39 is 5.91 Å². The van der Waals surface area contributed by atoms with Gasteiger partial charge in [0.1, 0.15) is 0 Å². The van der Waals surface area contributed by atoms with Crippen LogP contribution in [0.4, 0.5) is 0 Å². The summed E-state index contributed by atoms with van der Waals surface area (Å²) in [5.41, 5.74) is 1.21. The molecule has 0 spiro atoms. The fourth-order valence-electron chi connectivity index (χ4n) is 1.20. The Morgan fingerprint density at radius 3 is 3.21 bits per heavy atom. The Balaban J connectivity index is 2.44. The molecule has 0 unspecified atom stereocenters. The highest BCUT2D eigenvalue weighted by molar-refractivity contribution is 5.98. The summed E-state index contributed by atoms with van der Waals surface area (Å²) in [6, 6.07) is 5.06. The fraction of sp³-hybridized carbons (Fsp3) is 0. The molecule has 0 aliphatic carbocycles. The number of hydrogen-bond acceptors (Lipinski definition) is 3. The predicted octanol–water partition coefficient (Wildman–Crippen LogP) is 0.774. The first-order valence-electron chi connectivity index (χ1n) is 3.94. The summed E-state index contributed by atoms with van der Waals surface area (Å²) < 4.78 is 0. The van der Waals surface area contributed by atoms with Crippen LogP contribution in [-0.2, 0) is 0 Å². The van der Waals surface area contributed by atoms with E-state index in [0.717, 1.165) is 10.9 Å². The van der Waals surface area contributed by atoms with Crippen LogP contribution in [0.25, 0.3) is 10.9 Å². The van der Waals surface area contributed by atoms with Gasteiger partial charge in [0.05, 0.1) is 11.7 Å². The van der Waals surface area contributed by atoms with Gasteiger partial charge in [0, 0.05) is 10.9 Å². The lowest BCUT2D eigenvalue weighted by molar-refractivity contribution is 0.0973. The lowest BCUT2D eigenvalue weighted by Crippen LogP contribution is -2.16. The molecule has 2 aromatic rings. The molecule has 0 aliphatic heterocycles. The van der Waals surface area contributed by atoms with Crippen molar-refractivity contribution in [2.24, 2.45) is 0 Å². The Hall–Kier alpha value is -2.35. The number of fused-ring (bicyclic) bond motifs is 1. The molecule has 1 aromatic heterocycles. The minimum absolute atomic E-state index is 0.413. The van der Waals surface area contributed by atoms with Crippen LogP contribution in [0.2, 0.25) is 0 Å². The van der Waals surface area contributed by atoms with Gasteiger partial charge in [-0.3, -0.25) is 15.2 Å². The smallest absolute Gasteiger partial charge is 0.264 e. The maximum Gasteiger partial charge on any atom is 0.264 e. The SMILES string of the molecule is N#CNC(=O)c1ccc2cn[nH]c2c1. The van der Waals surface area contributed by atoms with E-state index in [1.54, 1.807) is 30.6 Å². The van der Waals surface area contributed by atoms with Crippen molar-refractivity contribution in [2.45, 2.75) is 0 Å². The first kappa shape index (κ1) is 8.26. The van der Waals surface area contributed by atoms with Crippen molar-refractivity contribution < 1.29 is 4.79 Å². The number of carbonyl (C=O) groups is 1. The van der Waals surface area contributed by atoms with E-state index in [0.29, 0.717) is 5.56 Å². The minimum atomic E-state index is -0.413. The molecule has 1 heterocycles. The van der Waals surface area contributed by atoms with Crippen molar-refractivity contribution in [3.8, 4) is 6.19 Å². The molecule has 5 heteroatoms. The lowest BCUT2D eigenvalue weighted by atomic mass is 10.1. The standard InChI is InChI=1S/C9H6N4O/c10-5-11-9(14)6-1-2-7-4-12-13-8(7)3-6/h1-4H,(H,11,14)(H,12,13). The van der Waals surface area contributed by atoms with Gasteiger partial charge in [-0.25, -0.2) is 0 Å². The number of aromatic amines is 1. The quantitative estimate of drug-likeness (QED) is 0.510. The summed E-state index contributed by atoms with van der Waals surface area (Å²) in [5.74, 6) is -0.413. The summed E-state index contributed by atoms with van der Waals surface area (Å²) in [5, 5.41) is 17.8. The van der Waals surface area contributed by atoms with Gasteiger partial charge in [-0.2, -0.15) is 10.4 Å². The monoisotopic (exact) mass is 186 g/mol. The summed E-state index contributed by atoms with van der Waals surface area (Å²) in [6.45, 7) is 0. The number of H-pyrrole nitrogens is 1. The van der Waals surface area contributed by atoms with Crippen LogP contribution in [0.15, 0.2) is 24.4 Å². The Morgan fingerprint density at radius 1 is 1.57 bits per heavy atom. The second kappa shape index (κ2) is 3.18. The van der Waals surface area contributed by atoms with Gasteiger partial charge >= 0.3 is 0 Å². The fourth-order valence-corrected chi connectivity index (χ4v) is 1.20. The van der Waals surface area contributed by atoms with E-state index in [1.165, 1.54) is 0 Å². The third-order valence-corrected chi connectivity index (χ3v) is 1.87. The molecule has 0 fully saturated rings. The van der Waals surface area contributed by atoms with E-state index >= 15 is 0 Å². The average Bonchev–Trinajstić information content (AvgIpc) is 2.64. The zero-order valence-corrected chi connectivity index (χ0v) is 7.11. The molecule has 5 nitrogen and oxygen atoms in total. The number of nitrogens with one attached hydrogen (secondary N) is 2. The maximum absolute atomic E-state index is 11.2. The number of rotatable bonds is 1. The molecule has 0 radical (unpaired) electrons. The highest BCUT2D eigenvalue weighted by Gasteiger charge is 2.05. The first-order valence-corrected chi connectivity index (χ1v) is 3.94. The first-order chi connectivity index (χ1) is 6.81. The number of carbonyl (C=O) groups excluding carboxylic acids is 1. The van der Waals surface area contributed by atoms with Crippen molar-refractivity contribution in [3.63, 3.8) is 0 Å². The van der Waals surface area contributed by atoms with Crippen LogP contribution < -0.4 is 5.32 Å². The molecule has 2 N–H and O–H groups in total. The van der Waals surface area contributed by atoms with E-state index in [-0.39, 0.29) is 0 Å². The molecule has 0 aliphatic rings. The van der Waals surface area contributed by atoms with Gasteiger partial charge in [-0.1, -0.05) is 6.07 Å². The maximum atomic E-state index is 11.2. The molecule has 0 bridgehead atoms. The van der Waals surface area contributed by atoms with Crippen molar-refractivity contribution in [2.75, 3.05) is 0 Å². The van der Waals surface area contributed by atoms with E-state index in [2.05, 4.69) is 15.5 Å². The van der Waals surface area contributed by atoms with Gasteiger partial charge < -0.3 is 0 Å². The highest BCUT2D eigenvalue weighted by atomic mass is 16.1. The van der Waals surface area contributed by atoms with Crippen molar-refractivity contribution in [1.82, 2.24) is 15.5 Å². The van der Waals surface area contributed by atoms with E-state index in [4.69, 9.17) is 5.26 Å². The summed E-state index contributed by atoms with van der Waals surface area (Å²) in [7, 11) is 0. The molecular weight excluding hydrogens is 180 g/mol. The number of benzene rings is 1. The molecule has 68 valence electrons. The Kier molecular flexibility index (Phi) is 1.88. The van der Waals surface area contributed by atoms with Crippen LogP contribution in [0, 0.1) is 11.5 Å². The zero-order valence-electron chi connectivity index (χ0n) is 7.11. The molecule has 1 aromatic carbocycles. The van der Waals surface area contributed by atoms with Gasteiger partial charge in [0.25, 0.3) is 5.91 Å². The topological polar surface area (TPSA) is 81.6 Å². The van der Waals surface area contributed by atoms with Gasteiger partial charge in [-0.15, -0.1) is 0 Å². The molecule has 0 saturated heterocycles. The van der Waals surface area contributed by atoms with Gasteiger partial charge in [-0.05, 0) is 12.1 Å². The second-order valence-electron chi connectivity index (χ2n) is 2.74. The average molecular weight is 186 g/mol.